The van der Waals surface area contributed by atoms with E-state index >= 15 is 0 Å². The van der Waals surface area contributed by atoms with Crippen molar-refractivity contribution in [1.82, 2.24) is 15.1 Å². The van der Waals surface area contributed by atoms with Gasteiger partial charge in [-0.3, -0.25) is 4.79 Å². The summed E-state index contributed by atoms with van der Waals surface area (Å²) in [6.45, 7) is 0.304. The highest BCUT2D eigenvalue weighted by Crippen LogP contribution is 2.26. The lowest BCUT2D eigenvalue weighted by Crippen LogP contribution is -2.23. The molecule has 4 rings (SSSR count). The van der Waals surface area contributed by atoms with Crippen molar-refractivity contribution in [3.05, 3.63) is 106 Å². The molecule has 0 aliphatic heterocycles. The van der Waals surface area contributed by atoms with Crippen LogP contribution in [0.25, 0.3) is 16.9 Å². The Morgan fingerprint density at radius 3 is 2.31 bits per heavy atom. The fraction of sp³-hybridized carbons (Fsp3) is 0.0435. The van der Waals surface area contributed by atoms with Crippen LogP contribution in [0.3, 0.4) is 0 Å². The Kier molecular flexibility index (Phi) is 5.65. The van der Waals surface area contributed by atoms with Crippen LogP contribution in [0, 0.1) is 0 Å². The Hall–Kier alpha value is -3.08. The highest BCUT2D eigenvalue weighted by Gasteiger charge is 2.16. The zero-order valence-electron chi connectivity index (χ0n) is 15.3. The molecular weight excluding hydrogens is 405 g/mol. The molecule has 0 spiro atoms. The quantitative estimate of drug-likeness (QED) is 0.444. The molecule has 0 unspecified atom stereocenters. The SMILES string of the molecule is O=C(NCc1cn(-c2ccccc2)nc1-c1ccccc1)c1cccc(Cl)c1Cl. The van der Waals surface area contributed by atoms with Crippen LogP contribution in [0.2, 0.25) is 10.0 Å². The van der Waals surface area contributed by atoms with Crippen LogP contribution in [-0.2, 0) is 6.54 Å². The van der Waals surface area contributed by atoms with Gasteiger partial charge in [0.25, 0.3) is 5.91 Å². The highest BCUT2D eigenvalue weighted by atomic mass is 35.5. The van der Waals surface area contributed by atoms with Crippen LogP contribution >= 0.6 is 23.2 Å². The van der Waals surface area contributed by atoms with Gasteiger partial charge in [-0.25, -0.2) is 4.68 Å². The molecule has 0 saturated heterocycles. The van der Waals surface area contributed by atoms with E-state index in [-0.39, 0.29) is 10.9 Å². The summed E-state index contributed by atoms with van der Waals surface area (Å²) < 4.78 is 1.82. The summed E-state index contributed by atoms with van der Waals surface area (Å²) in [5, 5.41) is 8.27. The van der Waals surface area contributed by atoms with E-state index in [9.17, 15) is 4.79 Å². The predicted octanol–water partition coefficient (Wildman–Crippen LogP) is 5.78. The summed E-state index contributed by atoms with van der Waals surface area (Å²) in [6, 6.07) is 24.7. The number of benzene rings is 3. The highest BCUT2D eigenvalue weighted by molar-refractivity contribution is 6.43. The normalized spacial score (nSPS) is 10.7. The molecule has 3 aromatic carbocycles. The molecule has 4 aromatic rings. The molecular formula is C23H17Cl2N3O. The van der Waals surface area contributed by atoms with Gasteiger partial charge in [0.1, 0.15) is 0 Å². The minimum Gasteiger partial charge on any atom is -0.348 e. The van der Waals surface area contributed by atoms with Crippen LogP contribution < -0.4 is 5.32 Å². The van der Waals surface area contributed by atoms with Crippen molar-refractivity contribution < 1.29 is 4.79 Å². The molecule has 1 heterocycles. The molecule has 4 nitrogen and oxygen atoms in total. The van der Waals surface area contributed by atoms with Crippen LogP contribution in [0.4, 0.5) is 0 Å². The summed E-state index contributed by atoms with van der Waals surface area (Å²) in [4.78, 5) is 12.6. The summed E-state index contributed by atoms with van der Waals surface area (Å²) in [5.74, 6) is -0.288. The van der Waals surface area contributed by atoms with E-state index in [1.807, 2.05) is 71.5 Å². The molecule has 1 N–H and O–H groups in total. The number of halogens is 2. The van der Waals surface area contributed by atoms with Crippen molar-refractivity contribution in [3.8, 4) is 16.9 Å². The number of hydrogen-bond acceptors (Lipinski definition) is 2. The summed E-state index contributed by atoms with van der Waals surface area (Å²) >= 11 is 12.2. The number of amides is 1. The van der Waals surface area contributed by atoms with Crippen LogP contribution in [0.1, 0.15) is 15.9 Å². The maximum atomic E-state index is 12.6. The third-order valence-electron chi connectivity index (χ3n) is 4.49. The first kappa shape index (κ1) is 19.2. The van der Waals surface area contributed by atoms with Gasteiger partial charge in [0.15, 0.2) is 0 Å². The number of nitrogens with zero attached hydrogens (tertiary/aromatic N) is 2. The van der Waals surface area contributed by atoms with Gasteiger partial charge in [-0.2, -0.15) is 5.10 Å². The molecule has 0 aliphatic rings. The number of hydrogen-bond donors (Lipinski definition) is 1. The van der Waals surface area contributed by atoms with Gasteiger partial charge < -0.3 is 5.32 Å². The van der Waals surface area contributed by atoms with Gasteiger partial charge in [-0.1, -0.05) is 77.8 Å². The third kappa shape index (κ3) is 4.19. The topological polar surface area (TPSA) is 46.9 Å². The third-order valence-corrected chi connectivity index (χ3v) is 5.31. The number of carbonyl (C=O) groups is 1. The number of nitrogens with one attached hydrogen (secondary N) is 1. The van der Waals surface area contributed by atoms with Gasteiger partial charge in [0, 0.05) is 23.9 Å². The van der Waals surface area contributed by atoms with Gasteiger partial charge >= 0.3 is 0 Å². The minimum absolute atomic E-state index is 0.245. The van der Waals surface area contributed by atoms with Crippen molar-refractivity contribution in [3.63, 3.8) is 0 Å². The Bertz CT molecular complexity index is 1140. The Morgan fingerprint density at radius 1 is 0.897 bits per heavy atom. The summed E-state index contributed by atoms with van der Waals surface area (Å²) in [5.41, 5.74) is 3.97. The van der Waals surface area contributed by atoms with Crippen molar-refractivity contribution in [2.24, 2.45) is 0 Å². The van der Waals surface area contributed by atoms with E-state index in [2.05, 4.69) is 5.32 Å². The molecule has 0 radical (unpaired) electrons. The molecule has 0 atom stereocenters. The number of aromatic nitrogens is 2. The first-order chi connectivity index (χ1) is 14.1. The molecule has 0 aliphatic carbocycles. The van der Waals surface area contributed by atoms with Crippen molar-refractivity contribution >= 4 is 29.1 Å². The second-order valence-electron chi connectivity index (χ2n) is 6.43. The molecule has 29 heavy (non-hydrogen) atoms. The Labute approximate surface area is 178 Å². The lowest BCUT2D eigenvalue weighted by Gasteiger charge is -2.08. The minimum atomic E-state index is -0.288. The molecule has 1 aromatic heterocycles. The molecule has 144 valence electrons. The Balaban J connectivity index is 1.64. The zero-order chi connectivity index (χ0) is 20.2. The van der Waals surface area contributed by atoms with Crippen molar-refractivity contribution in [2.45, 2.75) is 6.54 Å². The van der Waals surface area contributed by atoms with E-state index in [1.54, 1.807) is 18.2 Å². The van der Waals surface area contributed by atoms with Gasteiger partial charge in [0.05, 0.1) is 27.0 Å². The van der Waals surface area contributed by atoms with Crippen molar-refractivity contribution in [2.75, 3.05) is 0 Å². The summed E-state index contributed by atoms with van der Waals surface area (Å²) in [6.07, 6.45) is 1.93. The van der Waals surface area contributed by atoms with Crippen LogP contribution in [0.15, 0.2) is 85.1 Å². The van der Waals surface area contributed by atoms with Crippen LogP contribution in [0.5, 0.6) is 0 Å². The second kappa shape index (κ2) is 8.52. The molecule has 0 saturated carbocycles. The average molecular weight is 422 g/mol. The molecule has 0 bridgehead atoms. The number of carbonyl (C=O) groups excluding carboxylic acids is 1. The van der Waals surface area contributed by atoms with Gasteiger partial charge in [-0.15, -0.1) is 0 Å². The zero-order valence-corrected chi connectivity index (χ0v) is 16.9. The van der Waals surface area contributed by atoms with Crippen molar-refractivity contribution in [1.29, 1.82) is 0 Å². The molecule has 0 fully saturated rings. The van der Waals surface area contributed by atoms with Crippen LogP contribution in [-0.4, -0.2) is 15.7 Å². The predicted molar refractivity (Wildman–Crippen MR) is 117 cm³/mol. The Morgan fingerprint density at radius 2 is 1.59 bits per heavy atom. The maximum absolute atomic E-state index is 12.6. The first-order valence-corrected chi connectivity index (χ1v) is 9.80. The first-order valence-electron chi connectivity index (χ1n) is 9.05. The van der Waals surface area contributed by atoms with Gasteiger partial charge in [0.2, 0.25) is 0 Å². The van der Waals surface area contributed by atoms with E-state index in [0.29, 0.717) is 17.1 Å². The maximum Gasteiger partial charge on any atom is 0.253 e. The second-order valence-corrected chi connectivity index (χ2v) is 7.22. The molecule has 6 heteroatoms. The van der Waals surface area contributed by atoms with E-state index in [0.717, 1.165) is 22.5 Å². The lowest BCUT2D eigenvalue weighted by molar-refractivity contribution is 0.0951. The monoisotopic (exact) mass is 421 g/mol. The largest absolute Gasteiger partial charge is 0.348 e. The fourth-order valence-corrected chi connectivity index (χ4v) is 3.43. The van der Waals surface area contributed by atoms with E-state index in [4.69, 9.17) is 28.3 Å². The fourth-order valence-electron chi connectivity index (χ4n) is 3.04. The molecule has 1 amide bonds. The number of para-hydroxylation sites is 1. The van der Waals surface area contributed by atoms with E-state index in [1.165, 1.54) is 0 Å². The lowest BCUT2D eigenvalue weighted by atomic mass is 10.1. The summed E-state index contributed by atoms with van der Waals surface area (Å²) in [7, 11) is 0. The smallest absolute Gasteiger partial charge is 0.253 e. The van der Waals surface area contributed by atoms with E-state index < -0.39 is 0 Å². The van der Waals surface area contributed by atoms with Gasteiger partial charge in [-0.05, 0) is 24.3 Å². The number of rotatable bonds is 5. The standard InChI is InChI=1S/C23H17Cl2N3O/c24-20-13-7-12-19(21(20)25)23(29)26-14-17-15-28(18-10-5-2-6-11-18)27-22(17)16-8-3-1-4-9-16/h1-13,15H,14H2,(H,26,29). The average Bonchev–Trinajstić information content (AvgIpc) is 3.19.